The van der Waals surface area contributed by atoms with Gasteiger partial charge in [0.1, 0.15) is 6.10 Å². The van der Waals surface area contributed by atoms with Gasteiger partial charge in [0.15, 0.2) is 11.9 Å². The van der Waals surface area contributed by atoms with Gasteiger partial charge < -0.3 is 23.4 Å². The number of fused-ring (bicyclic) bond motifs is 6. The van der Waals surface area contributed by atoms with Crippen LogP contribution < -0.4 is 0 Å². The summed E-state index contributed by atoms with van der Waals surface area (Å²) in [5, 5.41) is 0. The van der Waals surface area contributed by atoms with Gasteiger partial charge in [-0.15, -0.1) is 0 Å². The Bertz CT molecular complexity index is 1450. The van der Waals surface area contributed by atoms with Gasteiger partial charge in [-0.2, -0.15) is 0 Å². The highest BCUT2D eigenvalue weighted by molar-refractivity contribution is 6.01. The van der Waals surface area contributed by atoms with Gasteiger partial charge in [0.05, 0.1) is 26.1 Å². The van der Waals surface area contributed by atoms with Crippen LogP contribution in [0.1, 0.15) is 85.8 Å². The lowest BCUT2D eigenvalue weighted by molar-refractivity contribution is -0.231. The Morgan fingerprint density at radius 1 is 1.09 bits per heavy atom. The molecule has 2 bridgehead atoms. The summed E-state index contributed by atoms with van der Waals surface area (Å²) in [6.07, 6.45) is 5.61. The largest absolute Gasteiger partial charge is 0.472 e. The molecule has 2 heterocycles. The zero-order chi connectivity index (χ0) is 32.4. The highest BCUT2D eigenvalue weighted by atomic mass is 16.6. The molecule has 10 nitrogen and oxygen atoms in total. The third-order valence-corrected chi connectivity index (χ3v) is 11.2. The number of cyclic esters (lactones) is 1. The van der Waals surface area contributed by atoms with Crippen LogP contribution in [0, 0.1) is 34.0 Å². The number of hydrogen-bond donors (Lipinski definition) is 0. The fourth-order valence-corrected chi connectivity index (χ4v) is 8.93. The fourth-order valence-electron chi connectivity index (χ4n) is 8.93. The summed E-state index contributed by atoms with van der Waals surface area (Å²) in [7, 11) is 1.29. The normalized spacial score (nSPS) is 37.5. The molecule has 0 amide bonds. The lowest BCUT2D eigenvalue weighted by Crippen LogP contribution is -2.75. The molecule has 4 aliphatic rings. The van der Waals surface area contributed by atoms with Gasteiger partial charge in [-0.25, -0.2) is 4.79 Å². The molecule has 0 aromatic carbocycles. The van der Waals surface area contributed by atoms with Gasteiger partial charge in [-0.1, -0.05) is 39.3 Å². The highest BCUT2D eigenvalue weighted by Crippen LogP contribution is 2.69. The van der Waals surface area contributed by atoms with Crippen molar-refractivity contribution in [2.75, 3.05) is 7.11 Å². The molecule has 0 N–H and O–H groups in total. The Kier molecular flexibility index (Phi) is 7.74. The predicted octanol–water partition coefficient (Wildman–Crippen LogP) is 5.21. The summed E-state index contributed by atoms with van der Waals surface area (Å²) >= 11 is 0. The van der Waals surface area contributed by atoms with Crippen LogP contribution >= 0.6 is 0 Å². The molecule has 238 valence electrons. The first kappa shape index (κ1) is 31.7. The van der Waals surface area contributed by atoms with E-state index in [-0.39, 0.29) is 18.8 Å². The number of allylic oxidation sites excluding steroid dienone is 2. The van der Waals surface area contributed by atoms with Gasteiger partial charge in [0.25, 0.3) is 0 Å². The summed E-state index contributed by atoms with van der Waals surface area (Å²) < 4.78 is 28.6. The van der Waals surface area contributed by atoms with Crippen LogP contribution in [-0.2, 0) is 42.9 Å². The second-order valence-electron chi connectivity index (χ2n) is 13.8. The van der Waals surface area contributed by atoms with Gasteiger partial charge >= 0.3 is 23.9 Å². The molecule has 2 saturated carbocycles. The van der Waals surface area contributed by atoms with E-state index in [1.807, 2.05) is 20.8 Å². The molecule has 8 atom stereocenters. The van der Waals surface area contributed by atoms with Crippen molar-refractivity contribution < 1.29 is 47.3 Å². The number of rotatable bonds is 6. The van der Waals surface area contributed by atoms with Crippen LogP contribution in [0.15, 0.2) is 46.3 Å². The van der Waals surface area contributed by atoms with Crippen molar-refractivity contribution in [1.82, 2.24) is 0 Å². The first-order chi connectivity index (χ1) is 20.6. The van der Waals surface area contributed by atoms with Gasteiger partial charge in [-0.05, 0) is 56.6 Å². The minimum Gasteiger partial charge on any atom is -0.472 e. The van der Waals surface area contributed by atoms with Gasteiger partial charge in [-0.3, -0.25) is 19.2 Å². The fraction of sp³-hybridized carbons (Fsp3) is 0.618. The first-order valence-electron chi connectivity index (χ1n) is 15.2. The second kappa shape index (κ2) is 10.7. The number of esters is 4. The van der Waals surface area contributed by atoms with Crippen LogP contribution in [0.2, 0.25) is 0 Å². The lowest BCUT2D eigenvalue weighted by atomic mass is 9.39. The van der Waals surface area contributed by atoms with Crippen molar-refractivity contribution in [1.29, 1.82) is 0 Å². The maximum absolute atomic E-state index is 15.0. The Hall–Kier alpha value is -3.69. The minimum absolute atomic E-state index is 0.0564. The standard InChI is InChI=1S/C34H42O10/c1-9-18(2)28(38)43-30-31(4,5)24(15-25(36)40-8)33(7)22-10-12-32(6)23(14-26(37)42-27(32)20-11-13-41-17-20)21(22)16-34(30,29(33)39)44-19(3)35/h9,11,13,16-17,22-24,27,30H,10,12,14-15H2,1-8H3. The van der Waals surface area contributed by atoms with E-state index in [0.29, 0.717) is 18.4 Å². The summed E-state index contributed by atoms with van der Waals surface area (Å²) in [5.74, 6) is -4.15. The molecule has 44 heavy (non-hydrogen) atoms. The molecule has 3 aliphatic carbocycles. The average Bonchev–Trinajstić information content (AvgIpc) is 3.50. The molecule has 1 aromatic rings. The van der Waals surface area contributed by atoms with Crippen molar-refractivity contribution in [3.8, 4) is 0 Å². The van der Waals surface area contributed by atoms with Gasteiger partial charge in [0.2, 0.25) is 5.60 Å². The number of ketones is 1. The number of carbonyl (C=O) groups excluding carboxylic acids is 5. The minimum atomic E-state index is -1.99. The first-order valence-corrected chi connectivity index (χ1v) is 15.2. The van der Waals surface area contributed by atoms with E-state index >= 15 is 4.79 Å². The Labute approximate surface area is 257 Å². The molecule has 0 spiro atoms. The van der Waals surface area contributed by atoms with Crippen LogP contribution in [0.4, 0.5) is 0 Å². The van der Waals surface area contributed by atoms with E-state index in [9.17, 15) is 19.2 Å². The quantitative estimate of drug-likeness (QED) is 0.183. The Balaban J connectivity index is 1.78. The van der Waals surface area contributed by atoms with Crippen LogP contribution in [0.3, 0.4) is 0 Å². The number of ether oxygens (including phenoxy) is 4. The number of Topliss-reactive ketones (excluding diaryl/α,β-unsaturated/α-hetero) is 1. The molecule has 10 heteroatoms. The predicted molar refractivity (Wildman–Crippen MR) is 155 cm³/mol. The molecule has 5 rings (SSSR count). The number of methoxy groups -OCH3 is 1. The molecular formula is C34H42O10. The number of carbonyl (C=O) groups is 5. The van der Waals surface area contributed by atoms with Crippen LogP contribution in [0.25, 0.3) is 0 Å². The van der Waals surface area contributed by atoms with Crippen LogP contribution in [0.5, 0.6) is 0 Å². The van der Waals surface area contributed by atoms with Crippen molar-refractivity contribution >= 4 is 29.7 Å². The second-order valence-corrected chi connectivity index (χ2v) is 13.8. The van der Waals surface area contributed by atoms with Gasteiger partial charge in [0, 0.05) is 40.7 Å². The average molecular weight is 611 g/mol. The monoisotopic (exact) mass is 610 g/mol. The molecule has 1 aromatic heterocycles. The van der Waals surface area contributed by atoms with Crippen molar-refractivity contribution in [2.45, 2.75) is 92.0 Å². The smallest absolute Gasteiger partial charge is 0.333 e. The number of furan rings is 1. The maximum atomic E-state index is 15.0. The van der Waals surface area contributed by atoms with E-state index in [0.717, 1.165) is 11.1 Å². The molecular weight excluding hydrogens is 568 g/mol. The topological polar surface area (TPSA) is 135 Å². The summed E-state index contributed by atoms with van der Waals surface area (Å²) in [4.78, 5) is 67.3. The highest BCUT2D eigenvalue weighted by Gasteiger charge is 2.75. The summed E-state index contributed by atoms with van der Waals surface area (Å²) in [6.45, 7) is 12.1. The summed E-state index contributed by atoms with van der Waals surface area (Å²) in [6, 6.07) is 1.78. The molecule has 1 aliphatic heterocycles. The molecule has 0 radical (unpaired) electrons. The molecule has 3 fully saturated rings. The van der Waals surface area contributed by atoms with Crippen molar-refractivity contribution in [2.24, 2.45) is 34.0 Å². The molecule has 1 saturated heterocycles. The maximum Gasteiger partial charge on any atom is 0.333 e. The third kappa shape index (κ3) is 4.46. The Morgan fingerprint density at radius 2 is 1.80 bits per heavy atom. The van der Waals surface area contributed by atoms with E-state index < -0.39 is 75.6 Å². The Morgan fingerprint density at radius 3 is 2.39 bits per heavy atom. The SMILES string of the molecule is CC=C(C)C(=O)OC1C2(OC(C)=O)C=C3C4CC(=O)OC(c5ccoc5)C4(C)CCC3C(C)(C2=O)C(CC(=O)OC)C1(C)C. The van der Waals surface area contributed by atoms with Crippen LogP contribution in [-0.4, -0.2) is 48.5 Å². The lowest BCUT2D eigenvalue weighted by Gasteiger charge is -2.66. The van der Waals surface area contributed by atoms with E-state index in [1.54, 1.807) is 38.3 Å². The van der Waals surface area contributed by atoms with E-state index in [1.165, 1.54) is 20.3 Å². The van der Waals surface area contributed by atoms with E-state index in [2.05, 4.69) is 6.92 Å². The zero-order valence-corrected chi connectivity index (χ0v) is 26.7. The third-order valence-electron chi connectivity index (χ3n) is 11.2. The number of hydrogen-bond acceptors (Lipinski definition) is 10. The van der Waals surface area contributed by atoms with Crippen molar-refractivity contribution in [3.63, 3.8) is 0 Å². The zero-order valence-electron chi connectivity index (χ0n) is 26.7. The van der Waals surface area contributed by atoms with Crippen molar-refractivity contribution in [3.05, 3.63) is 47.5 Å². The van der Waals surface area contributed by atoms with E-state index in [4.69, 9.17) is 23.4 Å². The molecule has 8 unspecified atom stereocenters. The summed E-state index contributed by atoms with van der Waals surface area (Å²) in [5.41, 5.74) is -3.01.